The van der Waals surface area contributed by atoms with Gasteiger partial charge >= 0.3 is 0 Å². The number of furan rings is 1. The Kier molecular flexibility index (Phi) is 2.73. The Bertz CT molecular complexity index is 496. The number of aromatic nitrogens is 2. The molecule has 0 aliphatic heterocycles. The fourth-order valence-corrected chi connectivity index (χ4v) is 1.88. The summed E-state index contributed by atoms with van der Waals surface area (Å²) in [7, 11) is 1.87. The highest BCUT2D eigenvalue weighted by Crippen LogP contribution is 2.29. The first-order valence-corrected chi connectivity index (χ1v) is 5.50. The number of aryl methyl sites for hydroxylation is 2. The van der Waals surface area contributed by atoms with Gasteiger partial charge in [0, 0.05) is 18.2 Å². The maximum absolute atomic E-state index is 6.00. The number of nitrogens with two attached hydrogens (primary N) is 1. The summed E-state index contributed by atoms with van der Waals surface area (Å²) in [6, 6.07) is 1.99. The normalized spacial score (nSPS) is 10.9. The molecule has 0 aliphatic rings. The standard InChI is InChI=1S/C12H17N3O/c1-4-5-10-11(14-15(3)12(10)13)9-6-8(2)16-7-9/h6-7H,4-5,13H2,1-3H3. The van der Waals surface area contributed by atoms with Crippen LogP contribution in [-0.2, 0) is 13.5 Å². The highest BCUT2D eigenvalue weighted by atomic mass is 16.3. The van der Waals surface area contributed by atoms with E-state index in [2.05, 4.69) is 12.0 Å². The first-order valence-electron chi connectivity index (χ1n) is 5.50. The lowest BCUT2D eigenvalue weighted by atomic mass is 10.1. The van der Waals surface area contributed by atoms with E-state index < -0.39 is 0 Å². The molecule has 0 spiro atoms. The van der Waals surface area contributed by atoms with Crippen LogP contribution in [0.15, 0.2) is 16.7 Å². The molecule has 0 saturated carbocycles. The van der Waals surface area contributed by atoms with Gasteiger partial charge in [0.25, 0.3) is 0 Å². The fourth-order valence-electron chi connectivity index (χ4n) is 1.88. The molecule has 0 unspecified atom stereocenters. The number of anilines is 1. The zero-order chi connectivity index (χ0) is 11.7. The third-order valence-electron chi connectivity index (χ3n) is 2.70. The van der Waals surface area contributed by atoms with E-state index in [0.29, 0.717) is 0 Å². The molecule has 2 heterocycles. The molecule has 0 fully saturated rings. The maximum atomic E-state index is 6.00. The van der Waals surface area contributed by atoms with Crippen molar-refractivity contribution in [1.29, 1.82) is 0 Å². The SMILES string of the molecule is CCCc1c(-c2coc(C)c2)nn(C)c1N. The van der Waals surface area contributed by atoms with Crippen molar-refractivity contribution in [3.8, 4) is 11.3 Å². The number of rotatable bonds is 3. The van der Waals surface area contributed by atoms with Gasteiger partial charge in [-0.15, -0.1) is 0 Å². The van der Waals surface area contributed by atoms with Gasteiger partial charge in [-0.05, 0) is 19.4 Å². The first-order chi connectivity index (χ1) is 7.63. The summed E-state index contributed by atoms with van der Waals surface area (Å²) in [5.41, 5.74) is 9.07. The van der Waals surface area contributed by atoms with Crippen molar-refractivity contribution < 1.29 is 4.42 Å². The largest absolute Gasteiger partial charge is 0.469 e. The topological polar surface area (TPSA) is 57.0 Å². The fraction of sp³-hybridized carbons (Fsp3) is 0.417. The highest BCUT2D eigenvalue weighted by molar-refractivity contribution is 5.67. The van der Waals surface area contributed by atoms with E-state index in [1.165, 1.54) is 0 Å². The molecule has 2 aromatic rings. The molecular formula is C12H17N3O. The molecular weight excluding hydrogens is 202 g/mol. The molecule has 4 heteroatoms. The van der Waals surface area contributed by atoms with Gasteiger partial charge in [-0.3, -0.25) is 4.68 Å². The molecule has 0 atom stereocenters. The third-order valence-corrected chi connectivity index (χ3v) is 2.70. The van der Waals surface area contributed by atoms with E-state index in [1.807, 2.05) is 20.0 Å². The summed E-state index contributed by atoms with van der Waals surface area (Å²) in [5, 5.41) is 4.44. The lowest BCUT2D eigenvalue weighted by Gasteiger charge is -1.99. The Balaban J connectivity index is 2.51. The van der Waals surface area contributed by atoms with Crippen molar-refractivity contribution >= 4 is 5.82 Å². The number of hydrogen-bond donors (Lipinski definition) is 1. The second-order valence-corrected chi connectivity index (χ2v) is 4.03. The van der Waals surface area contributed by atoms with E-state index in [-0.39, 0.29) is 0 Å². The average molecular weight is 219 g/mol. The van der Waals surface area contributed by atoms with Crippen LogP contribution in [0.1, 0.15) is 24.7 Å². The van der Waals surface area contributed by atoms with Gasteiger partial charge in [0.15, 0.2) is 0 Å². The van der Waals surface area contributed by atoms with E-state index in [1.54, 1.807) is 10.9 Å². The predicted molar refractivity (Wildman–Crippen MR) is 64.1 cm³/mol. The molecule has 2 aromatic heterocycles. The summed E-state index contributed by atoms with van der Waals surface area (Å²) >= 11 is 0. The molecule has 0 amide bonds. The number of hydrogen-bond acceptors (Lipinski definition) is 3. The van der Waals surface area contributed by atoms with Crippen LogP contribution in [0.4, 0.5) is 5.82 Å². The van der Waals surface area contributed by atoms with Gasteiger partial charge in [-0.1, -0.05) is 13.3 Å². The van der Waals surface area contributed by atoms with E-state index in [4.69, 9.17) is 10.2 Å². The predicted octanol–water partition coefficient (Wildman–Crippen LogP) is 2.52. The lowest BCUT2D eigenvalue weighted by molar-refractivity contribution is 0.534. The Morgan fingerprint density at radius 3 is 2.81 bits per heavy atom. The van der Waals surface area contributed by atoms with E-state index in [9.17, 15) is 0 Å². The van der Waals surface area contributed by atoms with Crippen LogP contribution < -0.4 is 5.73 Å². The number of nitrogens with zero attached hydrogens (tertiary/aromatic N) is 2. The Hall–Kier alpha value is -1.71. The van der Waals surface area contributed by atoms with Gasteiger partial charge in [0.1, 0.15) is 23.5 Å². The smallest absolute Gasteiger partial charge is 0.125 e. The summed E-state index contributed by atoms with van der Waals surface area (Å²) < 4.78 is 7.04. The average Bonchev–Trinajstić information content (AvgIpc) is 2.78. The molecule has 0 aromatic carbocycles. The summed E-state index contributed by atoms with van der Waals surface area (Å²) in [6.45, 7) is 4.06. The second-order valence-electron chi connectivity index (χ2n) is 4.03. The van der Waals surface area contributed by atoms with Gasteiger partial charge in [-0.2, -0.15) is 5.10 Å². The molecule has 86 valence electrons. The van der Waals surface area contributed by atoms with Crippen molar-refractivity contribution in [2.75, 3.05) is 5.73 Å². The quantitative estimate of drug-likeness (QED) is 0.863. The van der Waals surface area contributed by atoms with Crippen LogP contribution in [0.3, 0.4) is 0 Å². The van der Waals surface area contributed by atoms with Crippen LogP contribution in [0, 0.1) is 6.92 Å². The second kappa shape index (κ2) is 4.04. The maximum Gasteiger partial charge on any atom is 0.125 e. The minimum Gasteiger partial charge on any atom is -0.469 e. The van der Waals surface area contributed by atoms with Crippen molar-refractivity contribution in [3.05, 3.63) is 23.7 Å². The monoisotopic (exact) mass is 219 g/mol. The molecule has 2 rings (SSSR count). The van der Waals surface area contributed by atoms with Crippen molar-refractivity contribution in [3.63, 3.8) is 0 Å². The molecule has 0 aliphatic carbocycles. The van der Waals surface area contributed by atoms with Gasteiger partial charge in [0.2, 0.25) is 0 Å². The Morgan fingerprint density at radius 1 is 1.50 bits per heavy atom. The van der Waals surface area contributed by atoms with E-state index >= 15 is 0 Å². The lowest BCUT2D eigenvalue weighted by Crippen LogP contribution is -1.99. The van der Waals surface area contributed by atoms with Gasteiger partial charge in [0.05, 0.1) is 0 Å². The summed E-state index contributed by atoms with van der Waals surface area (Å²) in [4.78, 5) is 0. The molecule has 0 bridgehead atoms. The number of nitrogen functional groups attached to an aromatic ring is 1. The van der Waals surface area contributed by atoms with E-state index in [0.717, 1.165) is 41.2 Å². The molecule has 2 N–H and O–H groups in total. The van der Waals surface area contributed by atoms with Crippen molar-refractivity contribution in [1.82, 2.24) is 9.78 Å². The van der Waals surface area contributed by atoms with Crippen LogP contribution >= 0.6 is 0 Å². The minimum atomic E-state index is 0.746. The zero-order valence-electron chi connectivity index (χ0n) is 9.95. The minimum absolute atomic E-state index is 0.746. The Morgan fingerprint density at radius 2 is 2.25 bits per heavy atom. The Labute approximate surface area is 95.1 Å². The highest BCUT2D eigenvalue weighted by Gasteiger charge is 2.15. The van der Waals surface area contributed by atoms with Crippen LogP contribution in [0.2, 0.25) is 0 Å². The first kappa shape index (κ1) is 10.8. The van der Waals surface area contributed by atoms with Crippen molar-refractivity contribution in [2.24, 2.45) is 7.05 Å². The molecule has 0 saturated heterocycles. The van der Waals surface area contributed by atoms with Crippen LogP contribution in [0.25, 0.3) is 11.3 Å². The van der Waals surface area contributed by atoms with Crippen LogP contribution in [-0.4, -0.2) is 9.78 Å². The third kappa shape index (κ3) is 1.71. The summed E-state index contributed by atoms with van der Waals surface area (Å²) in [5.74, 6) is 1.64. The molecule has 0 radical (unpaired) electrons. The molecule has 16 heavy (non-hydrogen) atoms. The molecule has 4 nitrogen and oxygen atoms in total. The zero-order valence-corrected chi connectivity index (χ0v) is 9.95. The van der Waals surface area contributed by atoms with Crippen molar-refractivity contribution in [2.45, 2.75) is 26.7 Å². The van der Waals surface area contributed by atoms with Crippen LogP contribution in [0.5, 0.6) is 0 Å². The summed E-state index contributed by atoms with van der Waals surface area (Å²) in [6.07, 6.45) is 3.73. The van der Waals surface area contributed by atoms with Gasteiger partial charge in [-0.25, -0.2) is 0 Å². The van der Waals surface area contributed by atoms with Gasteiger partial charge < -0.3 is 10.2 Å².